The zero-order valence-corrected chi connectivity index (χ0v) is 10.7. The Balaban J connectivity index is 2.25. The summed E-state index contributed by atoms with van der Waals surface area (Å²) in [5.41, 5.74) is 1.23. The smallest absolute Gasteiger partial charge is 0.225 e. The Morgan fingerprint density at radius 3 is 2.88 bits per heavy atom. The molecule has 0 spiro atoms. The van der Waals surface area contributed by atoms with Gasteiger partial charge in [-0.3, -0.25) is 4.79 Å². The van der Waals surface area contributed by atoms with E-state index in [1.165, 1.54) is 5.57 Å². The van der Waals surface area contributed by atoms with E-state index >= 15 is 0 Å². The molecule has 1 heterocycles. The van der Waals surface area contributed by atoms with Gasteiger partial charge in [-0.25, -0.2) is 0 Å². The fourth-order valence-corrected chi connectivity index (χ4v) is 1.63. The summed E-state index contributed by atoms with van der Waals surface area (Å²) in [6, 6.07) is 0. The molecule has 2 N–H and O–H groups in total. The number of carbonyl (C=O) groups is 1. The predicted octanol–water partition coefficient (Wildman–Crippen LogP) is 1.85. The lowest BCUT2D eigenvalue weighted by molar-refractivity contribution is -0.129. The van der Waals surface area contributed by atoms with Crippen molar-refractivity contribution in [3.63, 3.8) is 0 Å². The van der Waals surface area contributed by atoms with E-state index in [4.69, 9.17) is 0 Å². The standard InChI is InChI=1S/C13H24N2O/c1-4-13(2,3)12(16)15-10-7-11-5-8-14-9-6-11/h5,14H,4,6-10H2,1-3H3,(H,15,16). The number of rotatable bonds is 5. The molecule has 0 fully saturated rings. The lowest BCUT2D eigenvalue weighted by Gasteiger charge is -2.22. The average molecular weight is 224 g/mol. The Bertz CT molecular complexity index is 269. The second-order valence-corrected chi connectivity index (χ2v) is 5.06. The van der Waals surface area contributed by atoms with Crippen molar-refractivity contribution in [3.05, 3.63) is 11.6 Å². The highest BCUT2D eigenvalue weighted by atomic mass is 16.2. The van der Waals surface area contributed by atoms with E-state index < -0.39 is 0 Å². The van der Waals surface area contributed by atoms with Crippen LogP contribution in [-0.4, -0.2) is 25.5 Å². The first-order chi connectivity index (χ1) is 7.56. The maximum absolute atomic E-state index is 11.8. The maximum atomic E-state index is 11.8. The molecule has 0 unspecified atom stereocenters. The van der Waals surface area contributed by atoms with Gasteiger partial charge in [-0.1, -0.05) is 32.4 Å². The van der Waals surface area contributed by atoms with Gasteiger partial charge in [0.1, 0.15) is 0 Å². The van der Waals surface area contributed by atoms with E-state index in [-0.39, 0.29) is 11.3 Å². The van der Waals surface area contributed by atoms with E-state index in [1.54, 1.807) is 0 Å². The topological polar surface area (TPSA) is 41.1 Å². The summed E-state index contributed by atoms with van der Waals surface area (Å²) in [5, 5.41) is 6.30. The van der Waals surface area contributed by atoms with Crippen LogP contribution in [0.5, 0.6) is 0 Å². The van der Waals surface area contributed by atoms with Gasteiger partial charge in [0.05, 0.1) is 0 Å². The van der Waals surface area contributed by atoms with E-state index in [0.717, 1.165) is 38.9 Å². The fraction of sp³-hybridized carbons (Fsp3) is 0.769. The van der Waals surface area contributed by atoms with Crippen molar-refractivity contribution in [2.45, 2.75) is 40.0 Å². The minimum atomic E-state index is -0.234. The van der Waals surface area contributed by atoms with Crippen molar-refractivity contribution >= 4 is 5.91 Å². The summed E-state index contributed by atoms with van der Waals surface area (Å²) in [7, 11) is 0. The first-order valence-electron chi connectivity index (χ1n) is 6.23. The molecule has 0 atom stereocenters. The van der Waals surface area contributed by atoms with Crippen molar-refractivity contribution in [3.8, 4) is 0 Å². The number of hydrogen-bond acceptors (Lipinski definition) is 2. The Hall–Kier alpha value is -0.830. The normalized spacial score (nSPS) is 16.8. The molecule has 1 aliphatic rings. The van der Waals surface area contributed by atoms with Crippen molar-refractivity contribution in [1.29, 1.82) is 0 Å². The minimum Gasteiger partial charge on any atom is -0.355 e. The minimum absolute atomic E-state index is 0.171. The molecule has 0 saturated heterocycles. The van der Waals surface area contributed by atoms with Crippen LogP contribution >= 0.6 is 0 Å². The second-order valence-electron chi connectivity index (χ2n) is 5.06. The van der Waals surface area contributed by atoms with Crippen LogP contribution in [0.25, 0.3) is 0 Å². The van der Waals surface area contributed by atoms with Crippen LogP contribution < -0.4 is 10.6 Å². The second kappa shape index (κ2) is 6.04. The fourth-order valence-electron chi connectivity index (χ4n) is 1.63. The molecule has 0 saturated carbocycles. The lowest BCUT2D eigenvalue weighted by Crippen LogP contribution is -2.37. The molecular formula is C13H24N2O. The summed E-state index contributed by atoms with van der Waals surface area (Å²) in [5.74, 6) is 0.171. The molecule has 0 aromatic rings. The lowest BCUT2D eigenvalue weighted by atomic mass is 9.89. The van der Waals surface area contributed by atoms with Gasteiger partial charge in [-0.05, 0) is 25.8 Å². The van der Waals surface area contributed by atoms with E-state index in [1.807, 2.05) is 13.8 Å². The average Bonchev–Trinajstić information content (AvgIpc) is 2.30. The summed E-state index contributed by atoms with van der Waals surface area (Å²) >= 11 is 0. The van der Waals surface area contributed by atoms with Gasteiger partial charge >= 0.3 is 0 Å². The molecule has 3 heteroatoms. The predicted molar refractivity (Wildman–Crippen MR) is 67.3 cm³/mol. The highest BCUT2D eigenvalue weighted by Crippen LogP contribution is 2.19. The van der Waals surface area contributed by atoms with Gasteiger partial charge < -0.3 is 10.6 Å². The van der Waals surface area contributed by atoms with Crippen molar-refractivity contribution in [2.24, 2.45) is 5.41 Å². The van der Waals surface area contributed by atoms with Gasteiger partial charge in [0.25, 0.3) is 0 Å². The van der Waals surface area contributed by atoms with E-state index in [9.17, 15) is 4.79 Å². The molecule has 1 rings (SSSR count). The molecule has 16 heavy (non-hydrogen) atoms. The van der Waals surface area contributed by atoms with Crippen molar-refractivity contribution in [2.75, 3.05) is 19.6 Å². The highest BCUT2D eigenvalue weighted by molar-refractivity contribution is 5.81. The van der Waals surface area contributed by atoms with E-state index in [0.29, 0.717) is 0 Å². The van der Waals surface area contributed by atoms with Crippen LogP contribution in [-0.2, 0) is 4.79 Å². The largest absolute Gasteiger partial charge is 0.355 e. The molecule has 3 nitrogen and oxygen atoms in total. The third kappa shape index (κ3) is 3.97. The van der Waals surface area contributed by atoms with Gasteiger partial charge in [-0.15, -0.1) is 0 Å². The van der Waals surface area contributed by atoms with Crippen LogP contribution in [0.15, 0.2) is 11.6 Å². The Morgan fingerprint density at radius 2 is 2.31 bits per heavy atom. The quantitative estimate of drug-likeness (QED) is 0.700. The first kappa shape index (κ1) is 13.2. The Morgan fingerprint density at radius 1 is 1.56 bits per heavy atom. The SMILES string of the molecule is CCC(C)(C)C(=O)NCCC1=CCNCC1. The van der Waals surface area contributed by atoms with Crippen LogP contribution in [0.3, 0.4) is 0 Å². The van der Waals surface area contributed by atoms with Crippen molar-refractivity contribution < 1.29 is 4.79 Å². The first-order valence-corrected chi connectivity index (χ1v) is 6.23. The molecule has 0 aromatic heterocycles. The van der Waals surface area contributed by atoms with Gasteiger partial charge in [-0.2, -0.15) is 0 Å². The third-order valence-corrected chi connectivity index (χ3v) is 3.39. The molecule has 0 radical (unpaired) electrons. The van der Waals surface area contributed by atoms with Crippen LogP contribution in [0.1, 0.15) is 40.0 Å². The summed E-state index contributed by atoms with van der Waals surface area (Å²) in [6.07, 6.45) is 5.23. The maximum Gasteiger partial charge on any atom is 0.225 e. The summed E-state index contributed by atoms with van der Waals surface area (Å²) in [6.45, 7) is 8.85. The van der Waals surface area contributed by atoms with Crippen LogP contribution in [0, 0.1) is 5.41 Å². The molecule has 0 bridgehead atoms. The zero-order valence-electron chi connectivity index (χ0n) is 10.7. The molecular weight excluding hydrogens is 200 g/mol. The number of amides is 1. The van der Waals surface area contributed by atoms with E-state index in [2.05, 4.69) is 23.6 Å². The number of nitrogens with one attached hydrogen (secondary N) is 2. The monoisotopic (exact) mass is 224 g/mol. The Labute approximate surface area is 98.7 Å². The molecule has 92 valence electrons. The number of carbonyl (C=O) groups excluding carboxylic acids is 1. The Kier molecular flexibility index (Phi) is 5.00. The molecule has 1 amide bonds. The van der Waals surface area contributed by atoms with Gasteiger partial charge in [0.15, 0.2) is 0 Å². The zero-order chi connectivity index (χ0) is 12.0. The highest BCUT2D eigenvalue weighted by Gasteiger charge is 2.24. The summed E-state index contributed by atoms with van der Waals surface area (Å²) < 4.78 is 0. The molecule has 1 aliphatic heterocycles. The van der Waals surface area contributed by atoms with Crippen molar-refractivity contribution in [1.82, 2.24) is 10.6 Å². The van der Waals surface area contributed by atoms with Crippen LogP contribution in [0.2, 0.25) is 0 Å². The summed E-state index contributed by atoms with van der Waals surface area (Å²) in [4.78, 5) is 11.8. The number of hydrogen-bond donors (Lipinski definition) is 2. The molecule has 0 aliphatic carbocycles. The molecule has 0 aromatic carbocycles. The van der Waals surface area contributed by atoms with Gasteiger partial charge in [0.2, 0.25) is 5.91 Å². The van der Waals surface area contributed by atoms with Crippen LogP contribution in [0.4, 0.5) is 0 Å². The third-order valence-electron chi connectivity index (χ3n) is 3.39. The van der Waals surface area contributed by atoms with Gasteiger partial charge in [0, 0.05) is 18.5 Å².